The van der Waals surface area contributed by atoms with E-state index in [2.05, 4.69) is 45.0 Å². The molecule has 0 aliphatic carbocycles. The first-order valence-corrected chi connectivity index (χ1v) is 12.0. The first-order valence-electron chi connectivity index (χ1n) is 12.0. The Morgan fingerprint density at radius 2 is 0.923 bits per heavy atom. The van der Waals surface area contributed by atoms with Gasteiger partial charge in [0, 0.05) is 6.04 Å². The van der Waals surface area contributed by atoms with E-state index in [1.807, 2.05) is 0 Å². The third kappa shape index (κ3) is 18.5. The molecule has 1 nitrogen and oxygen atoms in total. The summed E-state index contributed by atoms with van der Waals surface area (Å²) in [7, 11) is 4.54. The Bertz CT molecular complexity index is 282. The second-order valence-corrected chi connectivity index (χ2v) is 8.49. The van der Waals surface area contributed by atoms with Gasteiger partial charge in [-0.05, 0) is 52.6 Å². The standard InChI is InChI=1S/C25H51N/c1-5-7-9-11-12-13-14-15-16-17-18-20-22-24-25(26(3)4)23-21-19-10-8-6-2/h13-14,25H,5-12,15-24H2,1-4H3. The Kier molecular flexibility index (Phi) is 20.8. The van der Waals surface area contributed by atoms with Crippen molar-refractivity contribution in [2.24, 2.45) is 0 Å². The summed E-state index contributed by atoms with van der Waals surface area (Å²) in [6.45, 7) is 4.58. The van der Waals surface area contributed by atoms with Crippen LogP contribution in [0.25, 0.3) is 0 Å². The first-order chi connectivity index (χ1) is 12.7. The maximum Gasteiger partial charge on any atom is 0.00891 e. The lowest BCUT2D eigenvalue weighted by molar-refractivity contribution is 0.251. The van der Waals surface area contributed by atoms with Gasteiger partial charge in [0.25, 0.3) is 0 Å². The summed E-state index contributed by atoms with van der Waals surface area (Å²) in [6.07, 6.45) is 29.9. The molecule has 0 aromatic heterocycles. The normalized spacial score (nSPS) is 13.1. The summed E-state index contributed by atoms with van der Waals surface area (Å²) >= 11 is 0. The molecule has 0 amide bonds. The van der Waals surface area contributed by atoms with E-state index in [4.69, 9.17) is 0 Å². The van der Waals surface area contributed by atoms with Crippen molar-refractivity contribution in [2.75, 3.05) is 14.1 Å². The summed E-state index contributed by atoms with van der Waals surface area (Å²) in [5.41, 5.74) is 0. The zero-order valence-electron chi connectivity index (χ0n) is 18.9. The smallest absolute Gasteiger partial charge is 0.00891 e. The van der Waals surface area contributed by atoms with E-state index in [0.29, 0.717) is 0 Å². The molecule has 1 unspecified atom stereocenters. The van der Waals surface area contributed by atoms with Crippen molar-refractivity contribution in [3.8, 4) is 0 Å². The summed E-state index contributed by atoms with van der Waals surface area (Å²) < 4.78 is 0. The van der Waals surface area contributed by atoms with E-state index >= 15 is 0 Å². The Labute approximate surface area is 167 Å². The molecule has 0 saturated carbocycles. The minimum absolute atomic E-state index is 0.812. The molecule has 26 heavy (non-hydrogen) atoms. The molecular formula is C25H51N. The van der Waals surface area contributed by atoms with E-state index in [0.717, 1.165) is 6.04 Å². The van der Waals surface area contributed by atoms with Gasteiger partial charge in [0.05, 0.1) is 0 Å². The lowest BCUT2D eigenvalue weighted by atomic mass is 9.99. The molecule has 0 aliphatic rings. The van der Waals surface area contributed by atoms with Crippen molar-refractivity contribution in [1.82, 2.24) is 4.90 Å². The van der Waals surface area contributed by atoms with E-state index in [9.17, 15) is 0 Å². The topological polar surface area (TPSA) is 3.24 Å². The fourth-order valence-electron chi connectivity index (χ4n) is 3.74. The molecule has 0 N–H and O–H groups in total. The van der Waals surface area contributed by atoms with Crippen molar-refractivity contribution in [2.45, 2.75) is 135 Å². The van der Waals surface area contributed by atoms with Gasteiger partial charge < -0.3 is 4.90 Å². The Balaban J connectivity index is 3.45. The predicted octanol–water partition coefficient (Wildman–Crippen LogP) is 8.53. The molecule has 156 valence electrons. The van der Waals surface area contributed by atoms with Crippen LogP contribution in [0, 0.1) is 0 Å². The van der Waals surface area contributed by atoms with Gasteiger partial charge in [-0.15, -0.1) is 0 Å². The molecule has 0 saturated heterocycles. The van der Waals surface area contributed by atoms with Crippen LogP contribution in [0.3, 0.4) is 0 Å². The fourth-order valence-corrected chi connectivity index (χ4v) is 3.74. The molecular weight excluding hydrogens is 314 g/mol. The number of hydrogen-bond donors (Lipinski definition) is 0. The summed E-state index contributed by atoms with van der Waals surface area (Å²) in [6, 6.07) is 0.812. The van der Waals surface area contributed by atoms with E-state index in [-0.39, 0.29) is 0 Å². The van der Waals surface area contributed by atoms with Gasteiger partial charge in [-0.3, -0.25) is 0 Å². The van der Waals surface area contributed by atoms with Crippen LogP contribution in [0.1, 0.15) is 129 Å². The highest BCUT2D eigenvalue weighted by atomic mass is 15.1. The van der Waals surface area contributed by atoms with Crippen molar-refractivity contribution in [1.29, 1.82) is 0 Å². The second-order valence-electron chi connectivity index (χ2n) is 8.49. The SMILES string of the molecule is CCCCCCC=CCCCCCCCC(CCCCCCC)N(C)C. The molecule has 0 radical (unpaired) electrons. The van der Waals surface area contributed by atoms with Crippen molar-refractivity contribution >= 4 is 0 Å². The third-order valence-electron chi connectivity index (χ3n) is 5.67. The van der Waals surface area contributed by atoms with Gasteiger partial charge in [0.15, 0.2) is 0 Å². The van der Waals surface area contributed by atoms with Crippen molar-refractivity contribution in [3.63, 3.8) is 0 Å². The minimum atomic E-state index is 0.812. The Hall–Kier alpha value is -0.300. The molecule has 0 aliphatic heterocycles. The van der Waals surface area contributed by atoms with Crippen LogP contribution >= 0.6 is 0 Å². The highest BCUT2D eigenvalue weighted by Gasteiger charge is 2.10. The van der Waals surface area contributed by atoms with Crippen LogP contribution in [0.15, 0.2) is 12.2 Å². The zero-order valence-corrected chi connectivity index (χ0v) is 18.9. The van der Waals surface area contributed by atoms with Gasteiger partial charge in [-0.1, -0.05) is 103 Å². The molecule has 0 heterocycles. The lowest BCUT2D eigenvalue weighted by Crippen LogP contribution is -2.27. The summed E-state index contributed by atoms with van der Waals surface area (Å²) in [5, 5.41) is 0. The highest BCUT2D eigenvalue weighted by Crippen LogP contribution is 2.17. The maximum atomic E-state index is 2.46. The van der Waals surface area contributed by atoms with Gasteiger partial charge >= 0.3 is 0 Å². The molecule has 0 aromatic rings. The van der Waals surface area contributed by atoms with Crippen LogP contribution in [0.2, 0.25) is 0 Å². The number of hydrogen-bond acceptors (Lipinski definition) is 1. The third-order valence-corrected chi connectivity index (χ3v) is 5.67. The molecule has 0 bridgehead atoms. The van der Waals surface area contributed by atoms with Gasteiger partial charge in [-0.2, -0.15) is 0 Å². The summed E-state index contributed by atoms with van der Waals surface area (Å²) in [5.74, 6) is 0. The Morgan fingerprint density at radius 1 is 0.538 bits per heavy atom. The van der Waals surface area contributed by atoms with Crippen molar-refractivity contribution < 1.29 is 0 Å². The van der Waals surface area contributed by atoms with Crippen LogP contribution in [0.5, 0.6) is 0 Å². The molecule has 0 aromatic carbocycles. The maximum absolute atomic E-state index is 2.46. The first kappa shape index (κ1) is 25.7. The monoisotopic (exact) mass is 365 g/mol. The van der Waals surface area contributed by atoms with E-state index in [1.165, 1.54) is 116 Å². The van der Waals surface area contributed by atoms with Gasteiger partial charge in [0.1, 0.15) is 0 Å². The lowest BCUT2D eigenvalue weighted by Gasteiger charge is -2.24. The number of rotatable bonds is 20. The number of allylic oxidation sites excluding steroid dienone is 2. The quantitative estimate of drug-likeness (QED) is 0.154. The van der Waals surface area contributed by atoms with Crippen LogP contribution in [-0.2, 0) is 0 Å². The van der Waals surface area contributed by atoms with Gasteiger partial charge in [-0.25, -0.2) is 0 Å². The summed E-state index contributed by atoms with van der Waals surface area (Å²) in [4.78, 5) is 2.46. The van der Waals surface area contributed by atoms with Crippen LogP contribution in [-0.4, -0.2) is 25.0 Å². The fraction of sp³-hybridized carbons (Fsp3) is 0.920. The average molecular weight is 366 g/mol. The van der Waals surface area contributed by atoms with Crippen LogP contribution < -0.4 is 0 Å². The number of unbranched alkanes of at least 4 members (excludes halogenated alkanes) is 13. The molecule has 1 atom stereocenters. The van der Waals surface area contributed by atoms with Crippen LogP contribution in [0.4, 0.5) is 0 Å². The van der Waals surface area contributed by atoms with Crippen molar-refractivity contribution in [3.05, 3.63) is 12.2 Å². The average Bonchev–Trinajstić information content (AvgIpc) is 2.63. The van der Waals surface area contributed by atoms with Gasteiger partial charge in [0.2, 0.25) is 0 Å². The largest absolute Gasteiger partial charge is 0.306 e. The predicted molar refractivity (Wildman–Crippen MR) is 121 cm³/mol. The number of nitrogens with zero attached hydrogens (tertiary/aromatic N) is 1. The van der Waals surface area contributed by atoms with E-state index in [1.54, 1.807) is 0 Å². The van der Waals surface area contributed by atoms with E-state index < -0.39 is 0 Å². The minimum Gasteiger partial charge on any atom is -0.306 e. The Morgan fingerprint density at radius 3 is 1.38 bits per heavy atom. The molecule has 0 spiro atoms. The second kappa shape index (κ2) is 21.0. The molecule has 1 heteroatoms. The molecule has 0 rings (SSSR count). The molecule has 0 fully saturated rings. The highest BCUT2D eigenvalue weighted by molar-refractivity contribution is 4.81. The zero-order chi connectivity index (χ0) is 19.3.